The van der Waals surface area contributed by atoms with E-state index in [9.17, 15) is 0 Å². The van der Waals surface area contributed by atoms with Crippen LogP contribution in [0.25, 0.3) is 0 Å². The molecule has 2 aliphatic rings. The van der Waals surface area contributed by atoms with Crippen LogP contribution in [0, 0.1) is 11.8 Å². The first-order chi connectivity index (χ1) is 14.7. The van der Waals surface area contributed by atoms with Crippen LogP contribution in [0.15, 0.2) is 29.3 Å². The third-order valence-electron chi connectivity index (χ3n) is 6.24. The molecule has 1 fully saturated rings. The highest BCUT2D eigenvalue weighted by Gasteiger charge is 2.25. The highest BCUT2D eigenvalue weighted by atomic mass is 16.5. The van der Waals surface area contributed by atoms with E-state index >= 15 is 0 Å². The molecule has 1 aromatic carbocycles. The molecule has 0 aliphatic carbocycles. The molecule has 0 radical (unpaired) electrons. The van der Waals surface area contributed by atoms with Crippen molar-refractivity contribution in [1.29, 1.82) is 0 Å². The summed E-state index contributed by atoms with van der Waals surface area (Å²) in [5.41, 5.74) is 2.98. The molecule has 0 spiro atoms. The van der Waals surface area contributed by atoms with Gasteiger partial charge in [-0.3, -0.25) is 9.89 Å². The Labute approximate surface area is 182 Å². The maximum atomic E-state index is 5.78. The third-order valence-corrected chi connectivity index (χ3v) is 6.24. The molecule has 1 aromatic rings. The lowest BCUT2D eigenvalue weighted by molar-refractivity contribution is 0.0888. The Hall–Kier alpha value is -1.63. The van der Waals surface area contributed by atoms with E-state index in [0.29, 0.717) is 17.9 Å². The van der Waals surface area contributed by atoms with Gasteiger partial charge in [-0.1, -0.05) is 38.1 Å². The Bertz CT molecular complexity index is 658. The van der Waals surface area contributed by atoms with E-state index in [1.165, 1.54) is 11.1 Å². The second-order valence-corrected chi connectivity index (χ2v) is 8.84. The molecule has 168 valence electrons. The molecule has 2 N–H and O–H groups in total. The molecule has 2 heterocycles. The second-order valence-electron chi connectivity index (χ2n) is 8.84. The molecular weight excluding hydrogens is 376 g/mol. The largest absolute Gasteiger partial charge is 0.381 e. The Morgan fingerprint density at radius 3 is 2.83 bits per heavy atom. The lowest BCUT2D eigenvalue weighted by atomic mass is 9.95. The van der Waals surface area contributed by atoms with Crippen LogP contribution in [0.1, 0.15) is 37.8 Å². The van der Waals surface area contributed by atoms with Crippen LogP contribution >= 0.6 is 0 Å². The minimum absolute atomic E-state index is 0.480. The third kappa shape index (κ3) is 6.96. The summed E-state index contributed by atoms with van der Waals surface area (Å²) < 4.78 is 11.2. The van der Waals surface area contributed by atoms with E-state index in [4.69, 9.17) is 9.47 Å². The predicted octanol–water partition coefficient (Wildman–Crippen LogP) is 2.68. The van der Waals surface area contributed by atoms with Gasteiger partial charge < -0.3 is 20.1 Å². The average Bonchev–Trinajstić information content (AvgIpc) is 3.28. The first-order valence-corrected chi connectivity index (χ1v) is 11.6. The Morgan fingerprint density at radius 1 is 1.27 bits per heavy atom. The van der Waals surface area contributed by atoms with E-state index in [0.717, 1.165) is 77.8 Å². The molecule has 0 aromatic heterocycles. The van der Waals surface area contributed by atoms with E-state index in [1.54, 1.807) is 0 Å². The molecule has 6 nitrogen and oxygen atoms in total. The fourth-order valence-corrected chi connectivity index (χ4v) is 4.35. The number of hydrogen-bond acceptors (Lipinski definition) is 4. The number of nitrogens with one attached hydrogen (secondary N) is 2. The predicted molar refractivity (Wildman–Crippen MR) is 123 cm³/mol. The first kappa shape index (κ1) is 23.0. The molecule has 2 aliphatic heterocycles. The van der Waals surface area contributed by atoms with Gasteiger partial charge in [-0.15, -0.1) is 0 Å². The normalized spacial score (nSPS) is 20.9. The van der Waals surface area contributed by atoms with Crippen molar-refractivity contribution in [2.45, 2.75) is 45.7 Å². The van der Waals surface area contributed by atoms with Gasteiger partial charge in [0.2, 0.25) is 0 Å². The number of nitrogens with zero attached hydrogens (tertiary/aromatic N) is 2. The number of benzene rings is 1. The monoisotopic (exact) mass is 416 g/mol. The number of aliphatic imine (C=N–C) groups is 1. The Balaban J connectivity index is 1.36. The van der Waals surface area contributed by atoms with E-state index < -0.39 is 0 Å². The molecule has 0 amide bonds. The number of hydrogen-bond donors (Lipinski definition) is 2. The van der Waals surface area contributed by atoms with Crippen LogP contribution in [-0.2, 0) is 22.4 Å². The topological polar surface area (TPSA) is 58.1 Å². The first-order valence-electron chi connectivity index (χ1n) is 11.6. The van der Waals surface area contributed by atoms with Crippen LogP contribution in [0.5, 0.6) is 0 Å². The summed E-state index contributed by atoms with van der Waals surface area (Å²) in [4.78, 5) is 7.02. The van der Waals surface area contributed by atoms with E-state index in [-0.39, 0.29) is 0 Å². The van der Waals surface area contributed by atoms with Crippen molar-refractivity contribution >= 4 is 5.96 Å². The van der Waals surface area contributed by atoms with Gasteiger partial charge in [-0.25, -0.2) is 0 Å². The quantitative estimate of drug-likeness (QED) is 0.349. The van der Waals surface area contributed by atoms with Crippen molar-refractivity contribution in [3.63, 3.8) is 0 Å². The molecule has 2 atom stereocenters. The fraction of sp³-hybridized carbons (Fsp3) is 0.708. The van der Waals surface area contributed by atoms with Crippen LogP contribution < -0.4 is 10.6 Å². The molecule has 0 saturated carbocycles. The van der Waals surface area contributed by atoms with Crippen molar-refractivity contribution < 1.29 is 9.47 Å². The number of fused-ring (bicyclic) bond motifs is 1. The van der Waals surface area contributed by atoms with Gasteiger partial charge in [0.1, 0.15) is 0 Å². The number of ether oxygens (including phenoxy) is 2. The van der Waals surface area contributed by atoms with Crippen molar-refractivity contribution in [2.24, 2.45) is 16.8 Å². The highest BCUT2D eigenvalue weighted by molar-refractivity contribution is 5.79. The van der Waals surface area contributed by atoms with Crippen LogP contribution in [0.4, 0.5) is 0 Å². The maximum Gasteiger partial charge on any atom is 0.191 e. The van der Waals surface area contributed by atoms with Gasteiger partial charge in [0.05, 0.1) is 13.2 Å². The summed E-state index contributed by atoms with van der Waals surface area (Å²) >= 11 is 0. The minimum Gasteiger partial charge on any atom is -0.381 e. The van der Waals surface area contributed by atoms with E-state index in [1.807, 2.05) is 7.05 Å². The molecular formula is C24H40N4O2. The summed E-state index contributed by atoms with van der Waals surface area (Å²) in [5.74, 6) is 2.04. The summed E-state index contributed by atoms with van der Waals surface area (Å²) in [7, 11) is 1.84. The zero-order valence-electron chi connectivity index (χ0n) is 19.0. The average molecular weight is 417 g/mol. The SMILES string of the molecule is CN=C(NCCCOCC1CCOC1)NCC(C(C)C)N1CCc2ccccc2C1. The Kier molecular flexibility index (Phi) is 9.43. The second kappa shape index (κ2) is 12.3. The standard InChI is InChI=1S/C24H40N4O2/c1-19(2)23(28-12-9-21-7-4-5-8-22(21)16-28)15-27-24(25-3)26-11-6-13-29-17-20-10-14-30-18-20/h4-5,7-8,19-20,23H,6,9-18H2,1-3H3,(H2,25,26,27). The molecule has 1 saturated heterocycles. The van der Waals surface area contributed by atoms with Gasteiger partial charge in [0.15, 0.2) is 5.96 Å². The highest BCUT2D eigenvalue weighted by Crippen LogP contribution is 2.22. The van der Waals surface area contributed by atoms with Crippen molar-refractivity contribution in [1.82, 2.24) is 15.5 Å². The van der Waals surface area contributed by atoms with Crippen LogP contribution in [0.2, 0.25) is 0 Å². The summed E-state index contributed by atoms with van der Waals surface area (Å²) in [5, 5.41) is 6.97. The van der Waals surface area contributed by atoms with Crippen molar-refractivity contribution in [2.75, 3.05) is 53.1 Å². The van der Waals surface area contributed by atoms with Crippen LogP contribution in [-0.4, -0.2) is 70.0 Å². The van der Waals surface area contributed by atoms with Gasteiger partial charge in [-0.2, -0.15) is 0 Å². The molecule has 6 heteroatoms. The Morgan fingerprint density at radius 2 is 2.10 bits per heavy atom. The lowest BCUT2D eigenvalue weighted by Crippen LogP contribution is -2.50. The van der Waals surface area contributed by atoms with Gasteiger partial charge in [0.25, 0.3) is 0 Å². The van der Waals surface area contributed by atoms with E-state index in [2.05, 4.69) is 58.6 Å². The molecule has 3 rings (SSSR count). The summed E-state index contributed by atoms with van der Waals surface area (Å²) in [6, 6.07) is 9.33. The van der Waals surface area contributed by atoms with Gasteiger partial charge >= 0.3 is 0 Å². The maximum absolute atomic E-state index is 5.78. The van der Waals surface area contributed by atoms with Gasteiger partial charge in [-0.05, 0) is 36.3 Å². The molecule has 30 heavy (non-hydrogen) atoms. The van der Waals surface area contributed by atoms with Crippen molar-refractivity contribution in [3.8, 4) is 0 Å². The lowest BCUT2D eigenvalue weighted by Gasteiger charge is -2.38. The zero-order valence-corrected chi connectivity index (χ0v) is 19.0. The fourth-order valence-electron chi connectivity index (χ4n) is 4.35. The minimum atomic E-state index is 0.480. The van der Waals surface area contributed by atoms with Crippen molar-refractivity contribution in [3.05, 3.63) is 35.4 Å². The zero-order chi connectivity index (χ0) is 21.2. The number of guanidine groups is 1. The molecule has 0 bridgehead atoms. The smallest absolute Gasteiger partial charge is 0.191 e. The molecule has 2 unspecified atom stereocenters. The van der Waals surface area contributed by atoms with Crippen LogP contribution in [0.3, 0.4) is 0 Å². The number of rotatable bonds is 10. The van der Waals surface area contributed by atoms with Gasteiger partial charge in [0, 0.05) is 58.4 Å². The summed E-state index contributed by atoms with van der Waals surface area (Å²) in [6.07, 6.45) is 3.25. The summed E-state index contributed by atoms with van der Waals surface area (Å²) in [6.45, 7) is 11.9.